The molecule has 0 aliphatic heterocycles. The van der Waals surface area contributed by atoms with E-state index >= 15 is 0 Å². The average molecular weight is 326 g/mol. The lowest BCUT2D eigenvalue weighted by atomic mass is 10.2. The fourth-order valence-corrected chi connectivity index (χ4v) is 2.44. The molecule has 0 saturated heterocycles. The maximum absolute atomic E-state index is 13.0. The minimum atomic E-state index is -0.304. The van der Waals surface area contributed by atoms with Crippen LogP contribution in [-0.2, 0) is 17.8 Å². The number of amides is 1. The highest BCUT2D eigenvalue weighted by molar-refractivity contribution is 5.78. The smallest absolute Gasteiger partial charge is 0.226 e. The third-order valence-corrected chi connectivity index (χ3v) is 3.68. The van der Waals surface area contributed by atoms with E-state index < -0.39 is 0 Å². The molecule has 1 aromatic heterocycles. The number of nitrogens with one attached hydrogen (secondary N) is 1. The van der Waals surface area contributed by atoms with Crippen LogP contribution in [0.1, 0.15) is 11.3 Å². The van der Waals surface area contributed by atoms with Crippen molar-refractivity contribution in [2.45, 2.75) is 13.0 Å². The van der Waals surface area contributed by atoms with Crippen LogP contribution in [0.4, 0.5) is 8.78 Å². The number of hydrogen-bond acceptors (Lipinski definition) is 1. The van der Waals surface area contributed by atoms with E-state index in [-0.39, 0.29) is 24.0 Å². The Balaban J connectivity index is 1.64. The van der Waals surface area contributed by atoms with Crippen molar-refractivity contribution in [2.75, 3.05) is 0 Å². The zero-order valence-electron chi connectivity index (χ0n) is 12.9. The molecule has 3 aromatic rings. The summed E-state index contributed by atoms with van der Waals surface area (Å²) in [4.78, 5) is 12.1. The number of hydrogen-bond donors (Lipinski definition) is 1. The number of carbonyl (C=O) groups excluding carboxylic acids is 1. The van der Waals surface area contributed by atoms with Crippen LogP contribution >= 0.6 is 0 Å². The molecule has 0 aliphatic carbocycles. The molecular weight excluding hydrogens is 310 g/mol. The molecule has 2 aromatic carbocycles. The van der Waals surface area contributed by atoms with E-state index in [1.807, 2.05) is 22.9 Å². The van der Waals surface area contributed by atoms with Crippen molar-refractivity contribution in [3.8, 4) is 5.69 Å². The van der Waals surface area contributed by atoms with E-state index in [1.54, 1.807) is 24.3 Å². The van der Waals surface area contributed by atoms with Gasteiger partial charge in [-0.2, -0.15) is 0 Å². The van der Waals surface area contributed by atoms with Gasteiger partial charge in [0.05, 0.1) is 6.42 Å². The summed E-state index contributed by atoms with van der Waals surface area (Å²) in [5, 5.41) is 2.81. The first-order chi connectivity index (χ1) is 11.6. The summed E-state index contributed by atoms with van der Waals surface area (Å²) in [6.45, 7) is 0.344. The Bertz CT molecular complexity index is 823. The van der Waals surface area contributed by atoms with Crippen molar-refractivity contribution >= 4 is 5.91 Å². The van der Waals surface area contributed by atoms with E-state index in [4.69, 9.17) is 0 Å². The molecule has 1 N–H and O–H groups in total. The molecule has 5 heteroatoms. The Morgan fingerprint density at radius 1 is 0.917 bits per heavy atom. The van der Waals surface area contributed by atoms with E-state index in [9.17, 15) is 13.6 Å². The fraction of sp³-hybridized carbons (Fsp3) is 0.105. The van der Waals surface area contributed by atoms with Crippen LogP contribution in [0.3, 0.4) is 0 Å². The second kappa shape index (κ2) is 7.08. The Morgan fingerprint density at radius 2 is 1.54 bits per heavy atom. The van der Waals surface area contributed by atoms with Gasteiger partial charge >= 0.3 is 0 Å². The lowest BCUT2D eigenvalue weighted by molar-refractivity contribution is -0.120. The van der Waals surface area contributed by atoms with Crippen molar-refractivity contribution in [1.82, 2.24) is 9.88 Å². The van der Waals surface area contributed by atoms with Gasteiger partial charge in [-0.15, -0.1) is 0 Å². The maximum Gasteiger partial charge on any atom is 0.226 e. The van der Waals surface area contributed by atoms with Gasteiger partial charge in [0.25, 0.3) is 0 Å². The lowest BCUT2D eigenvalue weighted by Crippen LogP contribution is -2.25. The number of carbonyl (C=O) groups is 1. The van der Waals surface area contributed by atoms with Crippen molar-refractivity contribution in [3.63, 3.8) is 0 Å². The fourth-order valence-electron chi connectivity index (χ4n) is 2.44. The van der Waals surface area contributed by atoms with Crippen molar-refractivity contribution in [3.05, 3.63) is 89.8 Å². The molecule has 0 fully saturated rings. The minimum Gasteiger partial charge on any atom is -0.352 e. The van der Waals surface area contributed by atoms with E-state index in [0.29, 0.717) is 6.54 Å². The molecule has 0 spiro atoms. The monoisotopic (exact) mass is 326 g/mol. The number of halogens is 2. The molecule has 1 heterocycles. The number of benzene rings is 2. The molecule has 24 heavy (non-hydrogen) atoms. The van der Waals surface area contributed by atoms with Gasteiger partial charge in [0.1, 0.15) is 11.6 Å². The van der Waals surface area contributed by atoms with Gasteiger partial charge in [0.15, 0.2) is 0 Å². The summed E-state index contributed by atoms with van der Waals surface area (Å²) >= 11 is 0. The highest BCUT2D eigenvalue weighted by atomic mass is 19.1. The Morgan fingerprint density at radius 3 is 2.21 bits per heavy atom. The number of nitrogens with zero attached hydrogens (tertiary/aromatic N) is 1. The second-order valence-corrected chi connectivity index (χ2v) is 5.43. The van der Waals surface area contributed by atoms with Crippen LogP contribution in [0.25, 0.3) is 5.69 Å². The van der Waals surface area contributed by atoms with E-state index in [2.05, 4.69) is 5.32 Å². The largest absolute Gasteiger partial charge is 0.352 e. The molecular formula is C19H16F2N2O. The van der Waals surface area contributed by atoms with Gasteiger partial charge in [0, 0.05) is 24.1 Å². The van der Waals surface area contributed by atoms with Crippen LogP contribution in [0, 0.1) is 11.6 Å². The van der Waals surface area contributed by atoms with Gasteiger partial charge in [0.2, 0.25) is 5.91 Å². The number of rotatable bonds is 5. The Hall–Kier alpha value is -2.95. The minimum absolute atomic E-state index is 0.138. The predicted molar refractivity (Wildman–Crippen MR) is 87.7 cm³/mol. The van der Waals surface area contributed by atoms with Crippen molar-refractivity contribution < 1.29 is 13.6 Å². The molecule has 0 unspecified atom stereocenters. The highest BCUT2D eigenvalue weighted by Crippen LogP contribution is 2.14. The highest BCUT2D eigenvalue weighted by Gasteiger charge is 2.09. The maximum atomic E-state index is 13.0. The average Bonchev–Trinajstić information content (AvgIpc) is 3.03. The van der Waals surface area contributed by atoms with Crippen LogP contribution in [-0.4, -0.2) is 10.5 Å². The summed E-state index contributed by atoms with van der Waals surface area (Å²) in [7, 11) is 0. The van der Waals surface area contributed by atoms with Crippen LogP contribution in [0.5, 0.6) is 0 Å². The molecule has 1 amide bonds. The Kier molecular flexibility index (Phi) is 4.70. The normalized spacial score (nSPS) is 10.6. The van der Waals surface area contributed by atoms with Gasteiger partial charge < -0.3 is 9.88 Å². The summed E-state index contributed by atoms with van der Waals surface area (Å²) in [5.74, 6) is -0.743. The first-order valence-electron chi connectivity index (χ1n) is 7.55. The van der Waals surface area contributed by atoms with E-state index in [1.165, 1.54) is 24.3 Å². The molecule has 0 atom stereocenters. The first-order valence-corrected chi connectivity index (χ1v) is 7.55. The van der Waals surface area contributed by atoms with Crippen molar-refractivity contribution in [1.29, 1.82) is 0 Å². The van der Waals surface area contributed by atoms with Crippen LogP contribution in [0.15, 0.2) is 66.9 Å². The van der Waals surface area contributed by atoms with Crippen LogP contribution in [0.2, 0.25) is 0 Å². The van der Waals surface area contributed by atoms with Gasteiger partial charge in [-0.05, 0) is 54.1 Å². The molecule has 122 valence electrons. The SMILES string of the molecule is O=C(Cc1cccn1-c1ccc(F)cc1)NCc1ccc(F)cc1. The summed E-state index contributed by atoms with van der Waals surface area (Å²) in [5.41, 5.74) is 2.43. The third kappa shape index (κ3) is 3.87. The van der Waals surface area contributed by atoms with Gasteiger partial charge in [-0.3, -0.25) is 4.79 Å². The summed E-state index contributed by atoms with van der Waals surface area (Å²) in [6, 6.07) is 15.8. The quantitative estimate of drug-likeness (QED) is 0.763. The molecule has 0 saturated carbocycles. The van der Waals surface area contributed by atoms with Gasteiger partial charge in [-0.1, -0.05) is 12.1 Å². The molecule has 0 radical (unpaired) electrons. The predicted octanol–water partition coefficient (Wildman–Crippen LogP) is 3.61. The second-order valence-electron chi connectivity index (χ2n) is 5.43. The molecule has 0 bridgehead atoms. The summed E-state index contributed by atoms with van der Waals surface area (Å²) in [6.07, 6.45) is 2.03. The third-order valence-electron chi connectivity index (χ3n) is 3.68. The van der Waals surface area contributed by atoms with Crippen LogP contribution < -0.4 is 5.32 Å². The molecule has 3 nitrogen and oxygen atoms in total. The zero-order valence-corrected chi connectivity index (χ0v) is 12.9. The topological polar surface area (TPSA) is 34.0 Å². The van der Waals surface area contributed by atoms with Crippen molar-refractivity contribution in [2.24, 2.45) is 0 Å². The number of aromatic nitrogens is 1. The standard InChI is InChI=1S/C19H16F2N2O/c20-15-5-3-14(4-6-15)13-22-19(24)12-18-2-1-11-23(18)17-9-7-16(21)8-10-17/h1-11H,12-13H2,(H,22,24). The molecule has 0 aliphatic rings. The van der Waals surface area contributed by atoms with Gasteiger partial charge in [-0.25, -0.2) is 8.78 Å². The Labute approximate surface area is 138 Å². The first kappa shape index (κ1) is 15.9. The zero-order chi connectivity index (χ0) is 16.9. The summed E-state index contributed by atoms with van der Waals surface area (Å²) < 4.78 is 27.7. The van der Waals surface area contributed by atoms with E-state index in [0.717, 1.165) is 16.9 Å². The molecule has 3 rings (SSSR count). The lowest BCUT2D eigenvalue weighted by Gasteiger charge is -2.10.